The first-order valence-corrected chi connectivity index (χ1v) is 8.57. The van der Waals surface area contributed by atoms with Gasteiger partial charge in [-0.15, -0.1) is 11.3 Å². The molecular formula is C14H16N2O4S2. The first kappa shape index (κ1) is 16.6. The normalized spacial score (nSPS) is 16.1. The van der Waals surface area contributed by atoms with Gasteiger partial charge in [-0.25, -0.2) is 4.79 Å². The highest BCUT2D eigenvalue weighted by molar-refractivity contribution is 8.04. The molecule has 1 saturated heterocycles. The van der Waals surface area contributed by atoms with Crippen molar-refractivity contribution in [2.24, 2.45) is 0 Å². The molecule has 0 atom stereocenters. The van der Waals surface area contributed by atoms with E-state index in [0.29, 0.717) is 11.6 Å². The van der Waals surface area contributed by atoms with Crippen molar-refractivity contribution in [3.8, 4) is 0 Å². The second-order valence-corrected chi connectivity index (χ2v) is 6.39. The standard InChI is InChI=1S/C14H16N2O4S2/c1-2-20-14(19)6-13-16(12(18)9-22-13)8-11(17)15-7-10-4-3-5-21-10/h3-6H,2,7-9H2,1H3,(H,15,17)/b13-6+. The third-order valence-corrected chi connectivity index (χ3v) is 4.68. The van der Waals surface area contributed by atoms with Crippen LogP contribution in [0.5, 0.6) is 0 Å². The topological polar surface area (TPSA) is 75.7 Å². The number of hydrogen-bond acceptors (Lipinski definition) is 6. The molecule has 1 N–H and O–H groups in total. The summed E-state index contributed by atoms with van der Waals surface area (Å²) in [6.45, 7) is 2.31. The molecule has 2 rings (SSSR count). The van der Waals surface area contributed by atoms with E-state index >= 15 is 0 Å². The molecule has 0 saturated carbocycles. The van der Waals surface area contributed by atoms with Gasteiger partial charge in [0, 0.05) is 4.88 Å². The fraction of sp³-hybridized carbons (Fsp3) is 0.357. The van der Waals surface area contributed by atoms with Gasteiger partial charge >= 0.3 is 5.97 Å². The first-order valence-electron chi connectivity index (χ1n) is 6.71. The SMILES string of the molecule is CCOC(=O)/C=C1/SCC(=O)N1CC(=O)NCc1cccs1. The van der Waals surface area contributed by atoms with Crippen LogP contribution in [0.3, 0.4) is 0 Å². The van der Waals surface area contributed by atoms with E-state index in [2.05, 4.69) is 5.32 Å². The largest absolute Gasteiger partial charge is 0.463 e. The number of ether oxygens (including phenoxy) is 1. The summed E-state index contributed by atoms with van der Waals surface area (Å²) in [4.78, 5) is 37.6. The van der Waals surface area contributed by atoms with Gasteiger partial charge < -0.3 is 10.1 Å². The molecular weight excluding hydrogens is 324 g/mol. The molecule has 0 unspecified atom stereocenters. The van der Waals surface area contributed by atoms with Gasteiger partial charge in [-0.1, -0.05) is 17.8 Å². The van der Waals surface area contributed by atoms with E-state index in [9.17, 15) is 14.4 Å². The number of hydrogen-bond donors (Lipinski definition) is 1. The van der Waals surface area contributed by atoms with Crippen molar-refractivity contribution in [3.05, 3.63) is 33.5 Å². The quantitative estimate of drug-likeness (QED) is 0.625. The number of thioether (sulfide) groups is 1. The van der Waals surface area contributed by atoms with Gasteiger partial charge in [-0.05, 0) is 18.4 Å². The summed E-state index contributed by atoms with van der Waals surface area (Å²) in [5.74, 6) is -0.738. The maximum atomic E-state index is 11.9. The van der Waals surface area contributed by atoms with E-state index in [1.54, 1.807) is 18.3 Å². The summed E-state index contributed by atoms with van der Waals surface area (Å²) in [6, 6.07) is 3.83. The van der Waals surface area contributed by atoms with Crippen molar-refractivity contribution < 1.29 is 19.1 Å². The number of carbonyl (C=O) groups is 3. The lowest BCUT2D eigenvalue weighted by molar-refractivity contribution is -0.137. The van der Waals surface area contributed by atoms with Crippen LogP contribution in [0.1, 0.15) is 11.8 Å². The average molecular weight is 340 g/mol. The highest BCUT2D eigenvalue weighted by Gasteiger charge is 2.29. The van der Waals surface area contributed by atoms with E-state index < -0.39 is 5.97 Å². The molecule has 2 amide bonds. The maximum Gasteiger partial charge on any atom is 0.333 e. The second-order valence-electron chi connectivity index (χ2n) is 4.36. The molecule has 0 spiro atoms. The number of thiophene rings is 1. The Labute approximate surface area is 136 Å². The molecule has 1 aliphatic heterocycles. The van der Waals surface area contributed by atoms with Gasteiger partial charge in [0.2, 0.25) is 11.8 Å². The number of nitrogens with zero attached hydrogens (tertiary/aromatic N) is 1. The molecule has 22 heavy (non-hydrogen) atoms. The monoisotopic (exact) mass is 340 g/mol. The van der Waals surface area contributed by atoms with Crippen LogP contribution in [-0.4, -0.2) is 41.6 Å². The summed E-state index contributed by atoms with van der Waals surface area (Å²) >= 11 is 2.78. The second kappa shape index (κ2) is 8.00. The van der Waals surface area contributed by atoms with Crippen LogP contribution < -0.4 is 5.32 Å². The number of amides is 2. The minimum atomic E-state index is -0.510. The third kappa shape index (κ3) is 4.60. The number of carbonyl (C=O) groups excluding carboxylic acids is 3. The first-order chi connectivity index (χ1) is 10.6. The van der Waals surface area contributed by atoms with E-state index in [4.69, 9.17) is 4.74 Å². The van der Waals surface area contributed by atoms with Crippen molar-refractivity contribution in [1.82, 2.24) is 10.2 Å². The Morgan fingerprint density at radius 3 is 3.00 bits per heavy atom. The molecule has 1 aromatic rings. The molecule has 0 aromatic carbocycles. The Hall–Kier alpha value is -1.80. The van der Waals surface area contributed by atoms with Crippen molar-refractivity contribution in [3.63, 3.8) is 0 Å². The summed E-state index contributed by atoms with van der Waals surface area (Å²) in [5.41, 5.74) is 0. The lowest BCUT2D eigenvalue weighted by Gasteiger charge is -2.16. The van der Waals surface area contributed by atoms with Crippen molar-refractivity contribution in [2.45, 2.75) is 13.5 Å². The Bertz CT molecular complexity index is 584. The molecule has 6 nitrogen and oxygen atoms in total. The Morgan fingerprint density at radius 2 is 2.32 bits per heavy atom. The smallest absolute Gasteiger partial charge is 0.333 e. The fourth-order valence-electron chi connectivity index (χ4n) is 1.78. The van der Waals surface area contributed by atoms with Crippen molar-refractivity contribution in [2.75, 3.05) is 18.9 Å². The third-order valence-electron chi connectivity index (χ3n) is 2.78. The van der Waals surface area contributed by atoms with Crippen LogP contribution in [0.2, 0.25) is 0 Å². The number of rotatable bonds is 6. The van der Waals surface area contributed by atoms with Gasteiger partial charge in [0.25, 0.3) is 0 Å². The molecule has 0 bridgehead atoms. The lowest BCUT2D eigenvalue weighted by atomic mass is 10.4. The summed E-state index contributed by atoms with van der Waals surface area (Å²) in [5, 5.41) is 5.14. The van der Waals surface area contributed by atoms with E-state index in [1.807, 2.05) is 17.5 Å². The molecule has 0 radical (unpaired) electrons. The Balaban J connectivity index is 1.91. The van der Waals surface area contributed by atoms with Gasteiger partial charge in [-0.2, -0.15) is 0 Å². The molecule has 1 aromatic heterocycles. The Morgan fingerprint density at radius 1 is 1.50 bits per heavy atom. The fourth-order valence-corrected chi connectivity index (χ4v) is 3.36. The lowest BCUT2D eigenvalue weighted by Crippen LogP contribution is -2.37. The van der Waals surface area contributed by atoms with E-state index in [0.717, 1.165) is 4.88 Å². The van der Waals surface area contributed by atoms with Gasteiger partial charge in [0.15, 0.2) is 0 Å². The highest BCUT2D eigenvalue weighted by atomic mass is 32.2. The molecule has 1 aliphatic rings. The van der Waals surface area contributed by atoms with Gasteiger partial charge in [0.05, 0.1) is 30.0 Å². The summed E-state index contributed by atoms with van der Waals surface area (Å²) in [6.07, 6.45) is 1.26. The zero-order chi connectivity index (χ0) is 15.9. The van der Waals surface area contributed by atoms with Crippen LogP contribution in [-0.2, 0) is 25.7 Å². The van der Waals surface area contributed by atoms with Crippen LogP contribution in [0.4, 0.5) is 0 Å². The van der Waals surface area contributed by atoms with E-state index in [1.165, 1.54) is 22.7 Å². The van der Waals surface area contributed by atoms with Crippen LogP contribution in [0.25, 0.3) is 0 Å². The maximum absolute atomic E-state index is 11.9. The van der Waals surface area contributed by atoms with Crippen molar-refractivity contribution in [1.29, 1.82) is 0 Å². The Kier molecular flexibility index (Phi) is 6.02. The number of esters is 1. The molecule has 0 aliphatic carbocycles. The minimum Gasteiger partial charge on any atom is -0.463 e. The zero-order valence-electron chi connectivity index (χ0n) is 12.0. The predicted octanol–water partition coefficient (Wildman–Crippen LogP) is 1.34. The summed E-state index contributed by atoms with van der Waals surface area (Å²) in [7, 11) is 0. The predicted molar refractivity (Wildman–Crippen MR) is 85.1 cm³/mol. The molecule has 8 heteroatoms. The van der Waals surface area contributed by atoms with Crippen LogP contribution in [0.15, 0.2) is 28.6 Å². The van der Waals surface area contributed by atoms with Crippen molar-refractivity contribution >= 4 is 40.9 Å². The van der Waals surface area contributed by atoms with Gasteiger partial charge in [0.1, 0.15) is 6.54 Å². The highest BCUT2D eigenvalue weighted by Crippen LogP contribution is 2.28. The van der Waals surface area contributed by atoms with Gasteiger partial charge in [-0.3, -0.25) is 14.5 Å². The summed E-state index contributed by atoms with van der Waals surface area (Å²) < 4.78 is 4.82. The van der Waals surface area contributed by atoms with Crippen LogP contribution in [0, 0.1) is 0 Å². The average Bonchev–Trinajstić information content (AvgIpc) is 3.10. The molecule has 2 heterocycles. The molecule has 118 valence electrons. The zero-order valence-corrected chi connectivity index (χ0v) is 13.7. The molecule has 1 fully saturated rings. The minimum absolute atomic E-state index is 0.0948. The number of nitrogens with one attached hydrogen (secondary N) is 1. The van der Waals surface area contributed by atoms with Crippen LogP contribution >= 0.6 is 23.1 Å². The van der Waals surface area contributed by atoms with E-state index in [-0.39, 0.29) is 30.7 Å².